The van der Waals surface area contributed by atoms with E-state index < -0.39 is 6.03 Å². The number of carbonyl (C=O) groups is 2. The number of hydrogen-bond donors (Lipinski definition) is 3. The lowest BCUT2D eigenvalue weighted by Gasteiger charge is -2.32. The first kappa shape index (κ1) is 24.1. The third-order valence-corrected chi connectivity index (χ3v) is 5.19. The molecule has 1 aromatic heterocycles. The molecule has 2 heterocycles. The average Bonchev–Trinajstić information content (AvgIpc) is 2.81. The first-order valence-corrected chi connectivity index (χ1v) is 10.9. The predicted octanol–water partition coefficient (Wildman–Crippen LogP) is 3.66. The molecule has 0 atom stereocenters. The fourth-order valence-corrected chi connectivity index (χ4v) is 3.26. The molecule has 3 rings (SSSR count). The molecule has 0 aliphatic carbocycles. The summed E-state index contributed by atoms with van der Waals surface area (Å²) in [5, 5.41) is 8.64. The highest BCUT2D eigenvalue weighted by Crippen LogP contribution is 2.28. The minimum atomic E-state index is -0.524. The van der Waals surface area contributed by atoms with Crippen LogP contribution in [0.2, 0.25) is 5.02 Å². The van der Waals surface area contributed by atoms with E-state index in [9.17, 15) is 9.59 Å². The zero-order valence-corrected chi connectivity index (χ0v) is 19.1. The van der Waals surface area contributed by atoms with Crippen LogP contribution in [0, 0.1) is 6.57 Å². The summed E-state index contributed by atoms with van der Waals surface area (Å²) >= 11 is 6.07. The molecular formula is C22H26ClN7O3. The molecule has 0 bridgehead atoms. The van der Waals surface area contributed by atoms with E-state index in [-0.39, 0.29) is 6.03 Å². The second-order valence-corrected chi connectivity index (χ2v) is 7.89. The van der Waals surface area contributed by atoms with E-state index in [1.165, 1.54) is 6.20 Å². The highest BCUT2D eigenvalue weighted by molar-refractivity contribution is 6.31. The lowest BCUT2D eigenvalue weighted by molar-refractivity contribution is 0.154. The highest BCUT2D eigenvalue weighted by Gasteiger charge is 2.18. The molecule has 1 aliphatic rings. The molecule has 1 aliphatic heterocycles. The van der Waals surface area contributed by atoms with Crippen LogP contribution in [-0.4, -0.2) is 73.2 Å². The van der Waals surface area contributed by atoms with Gasteiger partial charge < -0.3 is 25.2 Å². The Hall–Kier alpha value is -3.55. The largest absolute Gasteiger partial charge is 0.491 e. The number of nitrogens with one attached hydrogen (secondary N) is 3. The van der Waals surface area contributed by atoms with Gasteiger partial charge in [-0.2, -0.15) is 0 Å². The van der Waals surface area contributed by atoms with Gasteiger partial charge in [-0.15, -0.1) is 0 Å². The van der Waals surface area contributed by atoms with E-state index in [4.69, 9.17) is 22.9 Å². The number of anilines is 2. The average molecular weight is 472 g/mol. The quantitative estimate of drug-likeness (QED) is 0.422. The first-order chi connectivity index (χ1) is 15.9. The molecule has 10 nitrogen and oxygen atoms in total. The van der Waals surface area contributed by atoms with Crippen molar-refractivity contribution in [3.05, 3.63) is 53.0 Å². The van der Waals surface area contributed by atoms with Gasteiger partial charge in [0.15, 0.2) is 0 Å². The van der Waals surface area contributed by atoms with Gasteiger partial charge in [-0.1, -0.05) is 17.7 Å². The van der Waals surface area contributed by atoms with Crippen LogP contribution in [0.15, 0.2) is 36.5 Å². The van der Waals surface area contributed by atoms with Crippen molar-refractivity contribution in [3.63, 3.8) is 0 Å². The number of aromatic nitrogens is 1. The number of ether oxygens (including phenoxy) is 1. The number of hydrogen-bond acceptors (Lipinski definition) is 5. The van der Waals surface area contributed by atoms with Gasteiger partial charge >= 0.3 is 12.1 Å². The summed E-state index contributed by atoms with van der Waals surface area (Å²) in [5.41, 5.74) is 0.783. The smallest absolute Gasteiger partial charge is 0.324 e. The number of nitrogens with zero attached hydrogens (tertiary/aromatic N) is 4. The maximum Gasteiger partial charge on any atom is 0.324 e. The number of halogens is 1. The number of piperazine rings is 1. The number of pyridine rings is 1. The standard InChI is InChI=1S/C22H26ClN7O3/c1-24-17-5-7-20(26-15-17)28-21(31)27-18-14-16(23)4-6-19(18)33-13-3-8-25-22(32)30-11-9-29(2)10-12-30/h4-7,14-15H,3,8-13H2,2H3,(H,25,32)(H2,26,27,28,31). The Labute approximate surface area is 197 Å². The monoisotopic (exact) mass is 471 g/mol. The molecule has 0 saturated carbocycles. The van der Waals surface area contributed by atoms with Crippen LogP contribution < -0.4 is 20.7 Å². The van der Waals surface area contributed by atoms with Crippen LogP contribution in [0.25, 0.3) is 4.85 Å². The maximum absolute atomic E-state index is 12.3. The molecule has 2 aromatic rings. The van der Waals surface area contributed by atoms with Gasteiger partial charge in [-0.3, -0.25) is 10.3 Å². The van der Waals surface area contributed by atoms with E-state index in [0.717, 1.165) is 26.2 Å². The molecule has 11 heteroatoms. The molecule has 3 N–H and O–H groups in total. The van der Waals surface area contributed by atoms with Crippen molar-refractivity contribution < 1.29 is 14.3 Å². The van der Waals surface area contributed by atoms with Crippen molar-refractivity contribution in [1.82, 2.24) is 20.1 Å². The summed E-state index contributed by atoms with van der Waals surface area (Å²) in [6.07, 6.45) is 1.98. The van der Waals surface area contributed by atoms with E-state index in [0.29, 0.717) is 47.5 Å². The third-order valence-electron chi connectivity index (χ3n) is 4.95. The molecule has 0 radical (unpaired) electrons. The van der Waals surface area contributed by atoms with Crippen molar-refractivity contribution in [2.75, 3.05) is 57.0 Å². The van der Waals surface area contributed by atoms with E-state index in [2.05, 4.69) is 30.7 Å². The fraction of sp³-hybridized carbons (Fsp3) is 0.364. The van der Waals surface area contributed by atoms with Crippen molar-refractivity contribution in [1.29, 1.82) is 0 Å². The molecule has 174 valence electrons. The Kier molecular flexibility index (Phi) is 8.69. The van der Waals surface area contributed by atoms with E-state index >= 15 is 0 Å². The van der Waals surface area contributed by atoms with Crippen molar-refractivity contribution >= 4 is 40.9 Å². The molecule has 1 aromatic carbocycles. The van der Waals surface area contributed by atoms with Crippen molar-refractivity contribution in [2.45, 2.75) is 6.42 Å². The van der Waals surface area contributed by atoms with E-state index in [1.807, 2.05) is 11.9 Å². The number of likely N-dealkylation sites (N-methyl/N-ethyl adjacent to an activating group) is 1. The van der Waals surface area contributed by atoms with Gasteiger partial charge in [0.25, 0.3) is 0 Å². The van der Waals surface area contributed by atoms with Gasteiger partial charge in [0.2, 0.25) is 5.69 Å². The number of benzene rings is 1. The van der Waals surface area contributed by atoms with Gasteiger partial charge in [0.1, 0.15) is 11.6 Å². The number of amides is 4. The van der Waals surface area contributed by atoms with Crippen LogP contribution in [0.4, 0.5) is 26.8 Å². The third kappa shape index (κ3) is 7.52. The summed E-state index contributed by atoms with van der Waals surface area (Å²) in [6, 6.07) is 7.44. The van der Waals surface area contributed by atoms with Crippen LogP contribution in [0.5, 0.6) is 5.75 Å². The number of urea groups is 2. The minimum Gasteiger partial charge on any atom is -0.491 e. The number of rotatable bonds is 7. The molecular weight excluding hydrogens is 446 g/mol. The zero-order chi connectivity index (χ0) is 23.6. The Morgan fingerprint density at radius 2 is 1.97 bits per heavy atom. The highest BCUT2D eigenvalue weighted by atomic mass is 35.5. The zero-order valence-electron chi connectivity index (χ0n) is 18.3. The second kappa shape index (κ2) is 11.9. The first-order valence-electron chi connectivity index (χ1n) is 10.5. The lowest BCUT2D eigenvalue weighted by Crippen LogP contribution is -2.50. The van der Waals surface area contributed by atoms with Gasteiger partial charge in [0.05, 0.1) is 18.9 Å². The maximum atomic E-state index is 12.3. The van der Waals surface area contributed by atoms with Crippen LogP contribution >= 0.6 is 11.6 Å². The van der Waals surface area contributed by atoms with Gasteiger partial charge in [0, 0.05) is 43.9 Å². The Balaban J connectivity index is 1.45. The fourth-order valence-electron chi connectivity index (χ4n) is 3.09. The molecule has 1 saturated heterocycles. The van der Waals surface area contributed by atoms with Crippen molar-refractivity contribution in [3.8, 4) is 5.75 Å². The Morgan fingerprint density at radius 3 is 2.67 bits per heavy atom. The summed E-state index contributed by atoms with van der Waals surface area (Å²) in [7, 11) is 2.04. The summed E-state index contributed by atoms with van der Waals surface area (Å²) in [6.45, 7) is 11.0. The van der Waals surface area contributed by atoms with E-state index in [1.54, 1.807) is 30.3 Å². The van der Waals surface area contributed by atoms with Crippen LogP contribution in [-0.2, 0) is 0 Å². The molecule has 4 amide bonds. The molecule has 0 spiro atoms. The number of carbonyl (C=O) groups excluding carboxylic acids is 2. The summed E-state index contributed by atoms with van der Waals surface area (Å²) < 4.78 is 5.79. The van der Waals surface area contributed by atoms with Crippen LogP contribution in [0.1, 0.15) is 6.42 Å². The molecule has 33 heavy (non-hydrogen) atoms. The molecule has 1 fully saturated rings. The van der Waals surface area contributed by atoms with Crippen LogP contribution in [0.3, 0.4) is 0 Å². The SMILES string of the molecule is [C-]#[N+]c1ccc(NC(=O)Nc2cc(Cl)ccc2OCCCNC(=O)N2CCN(C)CC2)nc1. The summed E-state index contributed by atoms with van der Waals surface area (Å²) in [5.74, 6) is 0.761. The normalized spacial score (nSPS) is 13.7. The Morgan fingerprint density at radius 1 is 1.18 bits per heavy atom. The Bertz CT molecular complexity index is 1000. The van der Waals surface area contributed by atoms with Gasteiger partial charge in [-0.25, -0.2) is 14.4 Å². The molecule has 0 unspecified atom stereocenters. The summed E-state index contributed by atoms with van der Waals surface area (Å²) in [4.78, 5) is 35.8. The minimum absolute atomic E-state index is 0.0633. The lowest BCUT2D eigenvalue weighted by atomic mass is 10.3. The van der Waals surface area contributed by atoms with Crippen molar-refractivity contribution in [2.24, 2.45) is 0 Å². The second-order valence-electron chi connectivity index (χ2n) is 7.46. The van der Waals surface area contributed by atoms with Gasteiger partial charge in [-0.05, 0) is 37.7 Å². The predicted molar refractivity (Wildman–Crippen MR) is 127 cm³/mol. The topological polar surface area (TPSA) is 103 Å².